The molecule has 6 heteroatoms. The van der Waals surface area contributed by atoms with Gasteiger partial charge >= 0.3 is 5.97 Å². The van der Waals surface area contributed by atoms with E-state index < -0.39 is 17.7 Å². The molecule has 5 nitrogen and oxygen atoms in total. The van der Waals surface area contributed by atoms with Crippen molar-refractivity contribution in [2.45, 2.75) is 20.4 Å². The standard InChI is InChI=1S/C14H19FN2O3/c1-9(2)6-17(8-13(16)18)7-11-5-10(14(19)20)3-4-12(11)15/h3-5,9H,6-8H2,1-2H3,(H2,16,18)(H,19,20). The Balaban J connectivity index is 2.94. The first kappa shape index (κ1) is 16.1. The molecule has 0 aliphatic rings. The summed E-state index contributed by atoms with van der Waals surface area (Å²) in [7, 11) is 0. The third-order valence-corrected chi connectivity index (χ3v) is 2.69. The second-order valence-corrected chi connectivity index (χ2v) is 5.14. The molecule has 1 rings (SSSR count). The van der Waals surface area contributed by atoms with Gasteiger partial charge in [-0.3, -0.25) is 9.69 Å². The fraction of sp³-hybridized carbons (Fsp3) is 0.429. The van der Waals surface area contributed by atoms with Crippen LogP contribution in [0.5, 0.6) is 0 Å². The van der Waals surface area contributed by atoms with E-state index in [1.807, 2.05) is 13.8 Å². The predicted octanol–water partition coefficient (Wildman–Crippen LogP) is 1.47. The molecular formula is C14H19FN2O3. The van der Waals surface area contributed by atoms with E-state index in [2.05, 4.69) is 0 Å². The van der Waals surface area contributed by atoms with E-state index in [1.54, 1.807) is 4.90 Å². The second-order valence-electron chi connectivity index (χ2n) is 5.14. The Morgan fingerprint density at radius 3 is 2.55 bits per heavy atom. The Morgan fingerprint density at radius 1 is 1.40 bits per heavy atom. The van der Waals surface area contributed by atoms with E-state index in [1.165, 1.54) is 12.1 Å². The van der Waals surface area contributed by atoms with Crippen molar-refractivity contribution in [2.24, 2.45) is 11.7 Å². The number of hydrogen-bond acceptors (Lipinski definition) is 3. The third kappa shape index (κ3) is 4.97. The molecule has 3 N–H and O–H groups in total. The SMILES string of the molecule is CC(C)CN(CC(N)=O)Cc1cc(C(=O)O)ccc1F. The van der Waals surface area contributed by atoms with Crippen LogP contribution in [0, 0.1) is 11.7 Å². The van der Waals surface area contributed by atoms with Crippen LogP contribution in [0.2, 0.25) is 0 Å². The lowest BCUT2D eigenvalue weighted by atomic mass is 10.1. The summed E-state index contributed by atoms with van der Waals surface area (Å²) < 4.78 is 13.7. The molecule has 1 aromatic rings. The van der Waals surface area contributed by atoms with Crippen molar-refractivity contribution in [1.29, 1.82) is 0 Å². The highest BCUT2D eigenvalue weighted by atomic mass is 19.1. The van der Waals surface area contributed by atoms with Gasteiger partial charge in [0.2, 0.25) is 5.91 Å². The van der Waals surface area contributed by atoms with Crippen LogP contribution in [-0.4, -0.2) is 35.0 Å². The summed E-state index contributed by atoms with van der Waals surface area (Å²) >= 11 is 0. The summed E-state index contributed by atoms with van der Waals surface area (Å²) in [6.07, 6.45) is 0. The maximum atomic E-state index is 13.7. The largest absolute Gasteiger partial charge is 0.478 e. The third-order valence-electron chi connectivity index (χ3n) is 2.69. The summed E-state index contributed by atoms with van der Waals surface area (Å²) in [5, 5.41) is 8.91. The monoisotopic (exact) mass is 282 g/mol. The van der Waals surface area contributed by atoms with Gasteiger partial charge in [0.25, 0.3) is 0 Å². The van der Waals surface area contributed by atoms with Gasteiger partial charge in [-0.2, -0.15) is 0 Å². The highest BCUT2D eigenvalue weighted by molar-refractivity contribution is 5.87. The Bertz CT molecular complexity index is 503. The summed E-state index contributed by atoms with van der Waals surface area (Å²) in [4.78, 5) is 23.6. The molecule has 1 amide bonds. The lowest BCUT2D eigenvalue weighted by Gasteiger charge is -2.23. The topological polar surface area (TPSA) is 83.6 Å². The number of carboxylic acids is 1. The molecule has 0 aliphatic carbocycles. The summed E-state index contributed by atoms with van der Waals surface area (Å²) in [6.45, 7) is 4.67. The minimum absolute atomic E-state index is 0.00885. The number of hydrogen-bond donors (Lipinski definition) is 2. The Hall–Kier alpha value is -1.95. The number of benzene rings is 1. The smallest absolute Gasteiger partial charge is 0.335 e. The molecule has 0 fully saturated rings. The summed E-state index contributed by atoms with van der Waals surface area (Å²) in [5.41, 5.74) is 5.43. The molecule has 20 heavy (non-hydrogen) atoms. The van der Waals surface area contributed by atoms with Gasteiger partial charge in [-0.05, 0) is 24.1 Å². The Labute approximate surface area is 117 Å². The molecule has 0 bridgehead atoms. The minimum atomic E-state index is -1.11. The fourth-order valence-electron chi connectivity index (χ4n) is 1.99. The average molecular weight is 282 g/mol. The van der Waals surface area contributed by atoms with E-state index in [0.29, 0.717) is 6.54 Å². The van der Waals surface area contributed by atoms with Crippen molar-refractivity contribution in [3.05, 3.63) is 35.1 Å². The van der Waals surface area contributed by atoms with Crippen molar-refractivity contribution in [1.82, 2.24) is 4.90 Å². The van der Waals surface area contributed by atoms with Gasteiger partial charge in [-0.25, -0.2) is 9.18 Å². The molecular weight excluding hydrogens is 263 g/mol. The van der Waals surface area contributed by atoms with Gasteiger partial charge in [0.05, 0.1) is 12.1 Å². The number of nitrogens with zero attached hydrogens (tertiary/aromatic N) is 1. The first-order chi connectivity index (χ1) is 9.29. The van der Waals surface area contributed by atoms with Crippen molar-refractivity contribution in [3.63, 3.8) is 0 Å². The van der Waals surface area contributed by atoms with Crippen LogP contribution in [0.25, 0.3) is 0 Å². The molecule has 0 heterocycles. The molecule has 0 aromatic heterocycles. The minimum Gasteiger partial charge on any atom is -0.478 e. The van der Waals surface area contributed by atoms with Crippen LogP contribution in [0.3, 0.4) is 0 Å². The van der Waals surface area contributed by atoms with Crippen LogP contribution in [0.1, 0.15) is 29.8 Å². The molecule has 1 aromatic carbocycles. The maximum absolute atomic E-state index is 13.7. The van der Waals surface area contributed by atoms with E-state index >= 15 is 0 Å². The Kier molecular flexibility index (Phi) is 5.64. The number of aromatic carboxylic acids is 1. The van der Waals surface area contributed by atoms with Crippen LogP contribution in [-0.2, 0) is 11.3 Å². The molecule has 0 saturated heterocycles. The number of amides is 1. The van der Waals surface area contributed by atoms with Crippen LogP contribution in [0.4, 0.5) is 4.39 Å². The first-order valence-electron chi connectivity index (χ1n) is 6.32. The average Bonchev–Trinajstić information content (AvgIpc) is 2.29. The molecule has 0 radical (unpaired) electrons. The number of carbonyl (C=O) groups is 2. The highest BCUT2D eigenvalue weighted by Crippen LogP contribution is 2.14. The number of primary amides is 1. The molecule has 0 spiro atoms. The number of halogens is 1. The lowest BCUT2D eigenvalue weighted by molar-refractivity contribution is -0.119. The Morgan fingerprint density at radius 2 is 2.05 bits per heavy atom. The van der Waals surface area contributed by atoms with Crippen molar-refractivity contribution in [3.8, 4) is 0 Å². The van der Waals surface area contributed by atoms with Gasteiger partial charge in [-0.1, -0.05) is 13.8 Å². The normalized spacial score (nSPS) is 11.1. The summed E-state index contributed by atoms with van der Waals surface area (Å²) in [5.74, 6) is -1.83. The molecule has 0 saturated carbocycles. The molecule has 110 valence electrons. The second kappa shape index (κ2) is 7.00. The predicted molar refractivity (Wildman–Crippen MR) is 72.7 cm³/mol. The molecule has 0 atom stereocenters. The summed E-state index contributed by atoms with van der Waals surface area (Å²) in [6, 6.07) is 3.62. The zero-order valence-corrected chi connectivity index (χ0v) is 11.6. The van der Waals surface area contributed by atoms with Crippen LogP contribution < -0.4 is 5.73 Å². The number of carboxylic acid groups (broad SMARTS) is 1. The van der Waals surface area contributed by atoms with Crippen molar-refractivity contribution >= 4 is 11.9 Å². The van der Waals surface area contributed by atoms with Gasteiger partial charge < -0.3 is 10.8 Å². The fourth-order valence-corrected chi connectivity index (χ4v) is 1.99. The van der Waals surface area contributed by atoms with Crippen LogP contribution >= 0.6 is 0 Å². The van der Waals surface area contributed by atoms with Gasteiger partial charge in [0, 0.05) is 18.7 Å². The van der Waals surface area contributed by atoms with E-state index in [0.717, 1.165) is 6.07 Å². The van der Waals surface area contributed by atoms with E-state index in [9.17, 15) is 14.0 Å². The van der Waals surface area contributed by atoms with Gasteiger partial charge in [0.15, 0.2) is 0 Å². The zero-order chi connectivity index (χ0) is 15.3. The highest BCUT2D eigenvalue weighted by Gasteiger charge is 2.15. The van der Waals surface area contributed by atoms with E-state index in [-0.39, 0.29) is 30.1 Å². The number of rotatable bonds is 7. The molecule has 0 aliphatic heterocycles. The van der Waals surface area contributed by atoms with Crippen LogP contribution in [0.15, 0.2) is 18.2 Å². The van der Waals surface area contributed by atoms with E-state index in [4.69, 9.17) is 10.8 Å². The number of carbonyl (C=O) groups excluding carboxylic acids is 1. The maximum Gasteiger partial charge on any atom is 0.335 e. The zero-order valence-electron chi connectivity index (χ0n) is 11.6. The quantitative estimate of drug-likeness (QED) is 0.793. The number of nitrogens with two attached hydrogens (primary N) is 1. The van der Waals surface area contributed by atoms with Crippen molar-refractivity contribution < 1.29 is 19.1 Å². The van der Waals surface area contributed by atoms with Gasteiger partial charge in [0.1, 0.15) is 5.82 Å². The first-order valence-corrected chi connectivity index (χ1v) is 6.32. The van der Waals surface area contributed by atoms with Crippen molar-refractivity contribution in [2.75, 3.05) is 13.1 Å². The lowest BCUT2D eigenvalue weighted by Crippen LogP contribution is -2.36. The molecule has 0 unspecified atom stereocenters. The van der Waals surface area contributed by atoms with Gasteiger partial charge in [-0.15, -0.1) is 0 Å².